The van der Waals surface area contributed by atoms with Gasteiger partial charge in [0.05, 0.1) is 0 Å². The van der Waals surface area contributed by atoms with Crippen LogP contribution in [0.4, 0.5) is 4.39 Å². The fourth-order valence-electron chi connectivity index (χ4n) is 1.76. The predicted octanol–water partition coefficient (Wildman–Crippen LogP) is -0.330. The van der Waals surface area contributed by atoms with Crippen molar-refractivity contribution in [3.63, 3.8) is 0 Å². The molecule has 1 aliphatic heterocycles. The van der Waals surface area contributed by atoms with E-state index in [1.54, 1.807) is 19.8 Å². The quantitative estimate of drug-likeness (QED) is 0.497. The van der Waals surface area contributed by atoms with Gasteiger partial charge in [0.1, 0.15) is 13.7 Å². The van der Waals surface area contributed by atoms with Crippen molar-refractivity contribution >= 4 is 19.2 Å². The SMILES string of the molecule is Bc1cc(F)cc2c1C(=O)N(C)C2. The summed E-state index contributed by atoms with van der Waals surface area (Å²) in [5, 5.41) is 0. The van der Waals surface area contributed by atoms with E-state index in [-0.39, 0.29) is 11.7 Å². The summed E-state index contributed by atoms with van der Waals surface area (Å²) in [7, 11) is 3.48. The van der Waals surface area contributed by atoms with Crippen molar-refractivity contribution in [2.24, 2.45) is 0 Å². The number of amides is 1. The van der Waals surface area contributed by atoms with Gasteiger partial charge in [0.25, 0.3) is 5.91 Å². The van der Waals surface area contributed by atoms with Gasteiger partial charge >= 0.3 is 0 Å². The Morgan fingerprint density at radius 1 is 1.54 bits per heavy atom. The first kappa shape index (κ1) is 8.29. The summed E-state index contributed by atoms with van der Waals surface area (Å²) in [5.41, 5.74) is 2.19. The monoisotopic (exact) mass is 177 g/mol. The molecule has 2 nitrogen and oxygen atoms in total. The number of halogens is 1. The largest absolute Gasteiger partial charge is 0.337 e. The van der Waals surface area contributed by atoms with Crippen LogP contribution in [0.2, 0.25) is 0 Å². The molecule has 0 atom stereocenters. The summed E-state index contributed by atoms with van der Waals surface area (Å²) in [4.78, 5) is 13.1. The summed E-state index contributed by atoms with van der Waals surface area (Å²) in [6, 6.07) is 2.83. The lowest BCUT2D eigenvalue weighted by Crippen LogP contribution is -2.22. The van der Waals surface area contributed by atoms with Gasteiger partial charge in [-0.1, -0.05) is 5.46 Å². The zero-order valence-electron chi connectivity index (χ0n) is 7.60. The van der Waals surface area contributed by atoms with Gasteiger partial charge in [-0.05, 0) is 17.7 Å². The van der Waals surface area contributed by atoms with E-state index in [1.165, 1.54) is 12.1 Å². The molecule has 0 bridgehead atoms. The normalized spacial score (nSPS) is 14.9. The van der Waals surface area contributed by atoms with E-state index in [0.717, 1.165) is 11.0 Å². The number of fused-ring (bicyclic) bond motifs is 1. The average Bonchev–Trinajstić information content (AvgIpc) is 2.27. The van der Waals surface area contributed by atoms with Gasteiger partial charge in [-0.3, -0.25) is 4.79 Å². The Morgan fingerprint density at radius 3 is 2.92 bits per heavy atom. The van der Waals surface area contributed by atoms with Crippen LogP contribution >= 0.6 is 0 Å². The van der Waals surface area contributed by atoms with Crippen molar-refractivity contribution in [1.29, 1.82) is 0 Å². The highest BCUT2D eigenvalue weighted by Gasteiger charge is 2.26. The van der Waals surface area contributed by atoms with Crippen LogP contribution in [0.25, 0.3) is 0 Å². The molecule has 1 heterocycles. The van der Waals surface area contributed by atoms with Gasteiger partial charge in [-0.15, -0.1) is 0 Å². The number of benzene rings is 1. The van der Waals surface area contributed by atoms with Gasteiger partial charge in [0, 0.05) is 19.2 Å². The maximum atomic E-state index is 12.9. The summed E-state index contributed by atoms with van der Waals surface area (Å²) < 4.78 is 12.9. The lowest BCUT2D eigenvalue weighted by molar-refractivity contribution is 0.0817. The second kappa shape index (κ2) is 2.59. The Morgan fingerprint density at radius 2 is 2.23 bits per heavy atom. The molecule has 66 valence electrons. The molecule has 2 rings (SSSR count). The predicted molar refractivity (Wildman–Crippen MR) is 50.4 cm³/mol. The lowest BCUT2D eigenvalue weighted by atomic mass is 9.88. The maximum Gasteiger partial charge on any atom is 0.253 e. The fraction of sp³-hybridized carbons (Fsp3) is 0.222. The third-order valence-electron chi connectivity index (χ3n) is 2.35. The molecule has 1 aliphatic rings. The van der Waals surface area contributed by atoms with Crippen LogP contribution in [0.5, 0.6) is 0 Å². The molecule has 0 aromatic heterocycles. The topological polar surface area (TPSA) is 20.3 Å². The third kappa shape index (κ3) is 1.13. The number of rotatable bonds is 0. The van der Waals surface area contributed by atoms with Crippen molar-refractivity contribution in [2.75, 3.05) is 7.05 Å². The van der Waals surface area contributed by atoms with E-state index in [4.69, 9.17) is 0 Å². The van der Waals surface area contributed by atoms with Gasteiger partial charge < -0.3 is 4.90 Å². The first-order valence-electron chi connectivity index (χ1n) is 4.14. The Labute approximate surface area is 76.8 Å². The van der Waals surface area contributed by atoms with E-state index in [0.29, 0.717) is 12.1 Å². The first-order chi connectivity index (χ1) is 6.09. The second-order valence-electron chi connectivity index (χ2n) is 3.42. The summed E-state index contributed by atoms with van der Waals surface area (Å²) >= 11 is 0. The Bertz CT molecular complexity index is 391. The fourth-order valence-corrected chi connectivity index (χ4v) is 1.76. The zero-order valence-corrected chi connectivity index (χ0v) is 7.60. The van der Waals surface area contributed by atoms with Crippen LogP contribution < -0.4 is 5.46 Å². The highest BCUT2D eigenvalue weighted by Crippen LogP contribution is 2.19. The zero-order chi connectivity index (χ0) is 9.59. The van der Waals surface area contributed by atoms with Crippen LogP contribution in [0.3, 0.4) is 0 Å². The molecule has 1 aromatic rings. The molecule has 0 fully saturated rings. The van der Waals surface area contributed by atoms with E-state index < -0.39 is 0 Å². The number of hydrogen-bond acceptors (Lipinski definition) is 1. The Kier molecular flexibility index (Phi) is 1.65. The highest BCUT2D eigenvalue weighted by molar-refractivity contribution is 6.37. The molecule has 0 radical (unpaired) electrons. The molecular weight excluding hydrogens is 168 g/mol. The van der Waals surface area contributed by atoms with E-state index in [2.05, 4.69) is 0 Å². The van der Waals surface area contributed by atoms with Crippen molar-refractivity contribution in [1.82, 2.24) is 4.90 Å². The summed E-state index contributed by atoms with van der Waals surface area (Å²) in [6.45, 7) is 0.521. The first-order valence-corrected chi connectivity index (χ1v) is 4.14. The minimum absolute atomic E-state index is 0.00694. The van der Waals surface area contributed by atoms with Gasteiger partial charge in [-0.2, -0.15) is 0 Å². The molecule has 0 aliphatic carbocycles. The van der Waals surface area contributed by atoms with Crippen molar-refractivity contribution in [3.8, 4) is 0 Å². The smallest absolute Gasteiger partial charge is 0.253 e. The van der Waals surface area contributed by atoms with E-state index in [9.17, 15) is 9.18 Å². The molecule has 1 aromatic carbocycles. The van der Waals surface area contributed by atoms with Gasteiger partial charge in [0.2, 0.25) is 0 Å². The third-order valence-corrected chi connectivity index (χ3v) is 2.35. The average molecular weight is 177 g/mol. The molecule has 13 heavy (non-hydrogen) atoms. The Balaban J connectivity index is 2.64. The number of carbonyl (C=O) groups is 1. The van der Waals surface area contributed by atoms with E-state index in [1.807, 2.05) is 0 Å². The van der Waals surface area contributed by atoms with Crippen LogP contribution in [0, 0.1) is 5.82 Å². The maximum absolute atomic E-state index is 12.9. The van der Waals surface area contributed by atoms with Gasteiger partial charge in [0.15, 0.2) is 0 Å². The lowest BCUT2D eigenvalue weighted by Gasteiger charge is -2.05. The van der Waals surface area contributed by atoms with Crippen LogP contribution in [-0.2, 0) is 6.54 Å². The van der Waals surface area contributed by atoms with Crippen LogP contribution in [0.1, 0.15) is 15.9 Å². The van der Waals surface area contributed by atoms with Crippen LogP contribution in [0.15, 0.2) is 12.1 Å². The molecule has 0 saturated heterocycles. The van der Waals surface area contributed by atoms with Gasteiger partial charge in [-0.25, -0.2) is 4.39 Å². The van der Waals surface area contributed by atoms with Crippen LogP contribution in [-0.4, -0.2) is 25.7 Å². The Hall–Kier alpha value is -1.32. The standard InChI is InChI=1S/C9H9BFNO/c1-12-4-5-2-6(11)3-7(10)8(5)9(12)13/h2-3H,4,10H2,1H3. The summed E-state index contributed by atoms with van der Waals surface area (Å²) in [5.74, 6) is -0.271. The van der Waals surface area contributed by atoms with Crippen molar-refractivity contribution in [3.05, 3.63) is 29.1 Å². The molecule has 4 heteroatoms. The molecule has 0 unspecified atom stereocenters. The van der Waals surface area contributed by atoms with Crippen molar-refractivity contribution in [2.45, 2.75) is 6.54 Å². The second-order valence-corrected chi connectivity index (χ2v) is 3.42. The molecule has 0 spiro atoms. The molecule has 1 amide bonds. The van der Waals surface area contributed by atoms with Crippen molar-refractivity contribution < 1.29 is 9.18 Å². The minimum Gasteiger partial charge on any atom is -0.337 e. The molecule has 0 N–H and O–H groups in total. The number of carbonyl (C=O) groups excluding carboxylic acids is 1. The molecular formula is C9H9BFNO. The molecule has 0 saturated carbocycles. The highest BCUT2D eigenvalue weighted by atomic mass is 19.1. The summed E-state index contributed by atoms with van der Waals surface area (Å²) in [6.07, 6.45) is 0. The number of nitrogens with zero attached hydrogens (tertiary/aromatic N) is 1. The van der Waals surface area contributed by atoms with E-state index >= 15 is 0 Å². The number of hydrogen-bond donors (Lipinski definition) is 0. The minimum atomic E-state index is -0.264.